The van der Waals surface area contributed by atoms with Crippen LogP contribution in [-0.4, -0.2) is 54.8 Å². The van der Waals surface area contributed by atoms with E-state index < -0.39 is 0 Å². The van der Waals surface area contributed by atoms with Crippen molar-refractivity contribution in [2.45, 2.75) is 13.3 Å². The molecule has 2 rings (SSSR count). The molecule has 1 aliphatic rings. The molecule has 1 aromatic rings. The van der Waals surface area contributed by atoms with Crippen molar-refractivity contribution in [2.24, 2.45) is 0 Å². The zero-order valence-corrected chi connectivity index (χ0v) is 13.0. The molecule has 1 aromatic heterocycles. The van der Waals surface area contributed by atoms with Gasteiger partial charge in [-0.1, -0.05) is 6.92 Å². The maximum absolute atomic E-state index is 5.21. The zero-order chi connectivity index (χ0) is 14.4. The predicted octanol–water partition coefficient (Wildman–Crippen LogP) is 1.53. The summed E-state index contributed by atoms with van der Waals surface area (Å²) in [5.74, 6) is 1.04. The molecule has 0 spiro atoms. The smallest absolute Gasteiger partial charge is 0.170 e. The van der Waals surface area contributed by atoms with Gasteiger partial charge in [-0.25, -0.2) is 4.98 Å². The van der Waals surface area contributed by atoms with Crippen LogP contribution in [0.2, 0.25) is 0 Å². The van der Waals surface area contributed by atoms with Crippen LogP contribution in [0.15, 0.2) is 18.3 Å². The minimum absolute atomic E-state index is 0.654. The molecular weight excluding hydrogens is 270 g/mol. The molecule has 6 heteroatoms. The maximum Gasteiger partial charge on any atom is 0.170 e. The number of nitrogens with zero attached hydrogens (tertiary/aromatic N) is 3. The van der Waals surface area contributed by atoms with Gasteiger partial charge in [-0.15, -0.1) is 0 Å². The highest BCUT2D eigenvalue weighted by Crippen LogP contribution is 2.15. The van der Waals surface area contributed by atoms with Crippen LogP contribution in [0.1, 0.15) is 13.3 Å². The van der Waals surface area contributed by atoms with Gasteiger partial charge in [-0.05, 0) is 37.8 Å². The second-order valence-corrected chi connectivity index (χ2v) is 5.48. The standard InChI is InChI=1S/C14H23N5S/c1-3-6-15-14(20)17-12-4-5-13(16-11-12)19-9-7-18(2)8-10-19/h4-5,11H,3,6-10H2,1-2H3,(H2,15,17,20). The Labute approximate surface area is 126 Å². The molecule has 2 N–H and O–H groups in total. The van der Waals surface area contributed by atoms with Crippen LogP contribution < -0.4 is 15.5 Å². The fraction of sp³-hybridized carbons (Fsp3) is 0.571. The number of hydrogen-bond donors (Lipinski definition) is 2. The van der Waals surface area contributed by atoms with Gasteiger partial charge < -0.3 is 20.4 Å². The molecule has 0 atom stereocenters. The lowest BCUT2D eigenvalue weighted by Gasteiger charge is -2.33. The third kappa shape index (κ3) is 4.31. The summed E-state index contributed by atoms with van der Waals surface area (Å²) in [6.45, 7) is 7.25. The highest BCUT2D eigenvalue weighted by Gasteiger charge is 2.14. The quantitative estimate of drug-likeness (QED) is 0.821. The third-order valence-corrected chi connectivity index (χ3v) is 3.61. The van der Waals surface area contributed by atoms with Gasteiger partial charge in [0.2, 0.25) is 0 Å². The number of aromatic nitrogens is 1. The first-order chi connectivity index (χ1) is 9.69. The molecule has 0 aromatic carbocycles. The van der Waals surface area contributed by atoms with Crippen molar-refractivity contribution in [1.82, 2.24) is 15.2 Å². The van der Waals surface area contributed by atoms with E-state index in [0.29, 0.717) is 5.11 Å². The SMILES string of the molecule is CCCNC(=S)Nc1ccc(N2CCN(C)CC2)nc1. The molecule has 1 saturated heterocycles. The number of pyridine rings is 1. The van der Waals surface area contributed by atoms with Gasteiger partial charge in [0, 0.05) is 32.7 Å². The Bertz CT molecular complexity index is 426. The lowest BCUT2D eigenvalue weighted by molar-refractivity contribution is 0.312. The van der Waals surface area contributed by atoms with Gasteiger partial charge in [0.05, 0.1) is 11.9 Å². The summed E-state index contributed by atoms with van der Waals surface area (Å²) >= 11 is 5.21. The van der Waals surface area contributed by atoms with Crippen molar-refractivity contribution >= 4 is 28.8 Å². The molecule has 5 nitrogen and oxygen atoms in total. The number of hydrogen-bond acceptors (Lipinski definition) is 4. The fourth-order valence-corrected chi connectivity index (χ4v) is 2.32. The first-order valence-corrected chi connectivity index (χ1v) is 7.54. The van der Waals surface area contributed by atoms with Crippen LogP contribution in [0.5, 0.6) is 0 Å². The highest BCUT2D eigenvalue weighted by atomic mass is 32.1. The molecular formula is C14H23N5S. The Hall–Kier alpha value is -1.40. The lowest BCUT2D eigenvalue weighted by atomic mass is 10.3. The largest absolute Gasteiger partial charge is 0.362 e. The van der Waals surface area contributed by atoms with E-state index in [0.717, 1.165) is 50.6 Å². The van der Waals surface area contributed by atoms with Crippen LogP contribution >= 0.6 is 12.2 Å². The van der Waals surface area contributed by atoms with Crippen molar-refractivity contribution in [1.29, 1.82) is 0 Å². The summed E-state index contributed by atoms with van der Waals surface area (Å²) in [6, 6.07) is 4.08. The zero-order valence-electron chi connectivity index (χ0n) is 12.2. The number of anilines is 2. The molecule has 110 valence electrons. The topological polar surface area (TPSA) is 43.4 Å². The van der Waals surface area contributed by atoms with Crippen molar-refractivity contribution in [3.63, 3.8) is 0 Å². The Morgan fingerprint density at radius 1 is 1.30 bits per heavy atom. The Balaban J connectivity index is 1.88. The Morgan fingerprint density at radius 3 is 2.65 bits per heavy atom. The van der Waals surface area contributed by atoms with Gasteiger partial charge in [0.1, 0.15) is 5.82 Å². The monoisotopic (exact) mass is 293 g/mol. The normalized spacial score (nSPS) is 16.0. The summed E-state index contributed by atoms with van der Waals surface area (Å²) in [4.78, 5) is 9.17. The number of likely N-dealkylation sites (N-methyl/N-ethyl adjacent to an activating group) is 1. The first kappa shape index (κ1) is 15.0. The van der Waals surface area contributed by atoms with E-state index in [4.69, 9.17) is 12.2 Å². The average Bonchev–Trinajstić information content (AvgIpc) is 2.47. The second-order valence-electron chi connectivity index (χ2n) is 5.08. The molecule has 1 fully saturated rings. The van der Waals surface area contributed by atoms with Gasteiger partial charge >= 0.3 is 0 Å². The number of rotatable bonds is 4. The number of nitrogens with one attached hydrogen (secondary N) is 2. The minimum atomic E-state index is 0.654. The van der Waals surface area contributed by atoms with Crippen molar-refractivity contribution in [3.05, 3.63) is 18.3 Å². The summed E-state index contributed by atoms with van der Waals surface area (Å²) in [6.07, 6.45) is 2.90. The van der Waals surface area contributed by atoms with Crippen molar-refractivity contribution in [3.8, 4) is 0 Å². The molecule has 0 bridgehead atoms. The van der Waals surface area contributed by atoms with E-state index in [2.05, 4.69) is 45.5 Å². The molecule has 1 aliphatic heterocycles. The van der Waals surface area contributed by atoms with Crippen LogP contribution in [0, 0.1) is 0 Å². The molecule has 0 unspecified atom stereocenters. The van der Waals surface area contributed by atoms with E-state index in [1.54, 1.807) is 0 Å². The van der Waals surface area contributed by atoms with Crippen LogP contribution in [-0.2, 0) is 0 Å². The number of thiocarbonyl (C=S) groups is 1. The molecule has 0 saturated carbocycles. The van der Waals surface area contributed by atoms with Gasteiger partial charge in [-0.3, -0.25) is 0 Å². The molecule has 0 amide bonds. The Kier molecular flexibility index (Phi) is 5.55. The lowest BCUT2D eigenvalue weighted by Crippen LogP contribution is -2.44. The summed E-state index contributed by atoms with van der Waals surface area (Å²) in [5.41, 5.74) is 0.927. The molecule has 0 aliphatic carbocycles. The highest BCUT2D eigenvalue weighted by molar-refractivity contribution is 7.80. The fourth-order valence-electron chi connectivity index (χ4n) is 2.10. The van der Waals surface area contributed by atoms with Crippen molar-refractivity contribution in [2.75, 3.05) is 50.0 Å². The predicted molar refractivity (Wildman–Crippen MR) is 88.5 cm³/mol. The van der Waals surface area contributed by atoms with Crippen LogP contribution in [0.4, 0.5) is 11.5 Å². The van der Waals surface area contributed by atoms with E-state index >= 15 is 0 Å². The van der Waals surface area contributed by atoms with Crippen molar-refractivity contribution < 1.29 is 0 Å². The minimum Gasteiger partial charge on any atom is -0.362 e. The van der Waals surface area contributed by atoms with E-state index in [1.165, 1.54) is 0 Å². The third-order valence-electron chi connectivity index (χ3n) is 3.37. The Morgan fingerprint density at radius 2 is 2.05 bits per heavy atom. The maximum atomic E-state index is 5.21. The van der Waals surface area contributed by atoms with E-state index in [1.807, 2.05) is 12.3 Å². The summed E-state index contributed by atoms with van der Waals surface area (Å²) in [7, 11) is 2.15. The van der Waals surface area contributed by atoms with Gasteiger partial charge in [-0.2, -0.15) is 0 Å². The van der Waals surface area contributed by atoms with Crippen LogP contribution in [0.25, 0.3) is 0 Å². The van der Waals surface area contributed by atoms with Gasteiger partial charge in [0.15, 0.2) is 5.11 Å². The molecule has 20 heavy (non-hydrogen) atoms. The van der Waals surface area contributed by atoms with Crippen LogP contribution in [0.3, 0.4) is 0 Å². The summed E-state index contributed by atoms with van der Waals surface area (Å²) < 4.78 is 0. The summed E-state index contributed by atoms with van der Waals surface area (Å²) in [5, 5.41) is 6.94. The first-order valence-electron chi connectivity index (χ1n) is 7.13. The average molecular weight is 293 g/mol. The molecule has 2 heterocycles. The second kappa shape index (κ2) is 7.40. The van der Waals surface area contributed by atoms with Gasteiger partial charge in [0.25, 0.3) is 0 Å². The molecule has 0 radical (unpaired) electrons. The van der Waals surface area contributed by atoms with E-state index in [-0.39, 0.29) is 0 Å². The number of piperazine rings is 1. The van der Waals surface area contributed by atoms with E-state index in [9.17, 15) is 0 Å².